The Kier molecular flexibility index (Phi) is 5.65. The van der Waals surface area contributed by atoms with Gasteiger partial charge in [-0.25, -0.2) is 0 Å². The maximum absolute atomic E-state index is 6.01. The van der Waals surface area contributed by atoms with Crippen LogP contribution in [0.4, 0.5) is 5.69 Å². The molecule has 0 spiro atoms. The molecule has 2 heterocycles. The summed E-state index contributed by atoms with van der Waals surface area (Å²) >= 11 is 11.8. The van der Waals surface area contributed by atoms with Gasteiger partial charge in [-0.05, 0) is 66.8 Å². The lowest BCUT2D eigenvalue weighted by atomic mass is 9.99. The molecule has 29 heavy (non-hydrogen) atoms. The van der Waals surface area contributed by atoms with E-state index in [-0.39, 0.29) is 6.04 Å². The van der Waals surface area contributed by atoms with E-state index in [2.05, 4.69) is 33.1 Å². The fourth-order valence-corrected chi connectivity index (χ4v) is 4.15. The van der Waals surface area contributed by atoms with E-state index in [4.69, 9.17) is 33.3 Å². The SMILES string of the molecule is COc1ccc(OC)c(C2c3cccn3CCN2C(=S)Nc2ccc(Cl)cc2)c1. The van der Waals surface area contributed by atoms with Crippen molar-refractivity contribution in [2.75, 3.05) is 26.1 Å². The molecule has 0 fully saturated rings. The molecule has 1 aromatic heterocycles. The lowest BCUT2D eigenvalue weighted by molar-refractivity contribution is 0.284. The van der Waals surface area contributed by atoms with E-state index in [1.807, 2.05) is 42.5 Å². The van der Waals surface area contributed by atoms with Crippen LogP contribution in [-0.2, 0) is 6.54 Å². The van der Waals surface area contributed by atoms with Crippen molar-refractivity contribution in [2.45, 2.75) is 12.6 Å². The third-order valence-electron chi connectivity index (χ3n) is 5.13. The van der Waals surface area contributed by atoms with Crippen molar-refractivity contribution in [1.29, 1.82) is 0 Å². The Bertz CT molecular complexity index is 1020. The normalized spacial score (nSPS) is 15.6. The van der Waals surface area contributed by atoms with E-state index in [0.717, 1.165) is 41.5 Å². The molecule has 1 aliphatic heterocycles. The minimum absolute atomic E-state index is 0.101. The molecule has 0 amide bonds. The monoisotopic (exact) mass is 427 g/mol. The van der Waals surface area contributed by atoms with Crippen LogP contribution in [0.5, 0.6) is 11.5 Å². The van der Waals surface area contributed by atoms with Crippen LogP contribution in [0.3, 0.4) is 0 Å². The lowest BCUT2D eigenvalue weighted by Crippen LogP contribution is -2.44. The summed E-state index contributed by atoms with van der Waals surface area (Å²) in [5.74, 6) is 1.57. The molecule has 7 heteroatoms. The fourth-order valence-electron chi connectivity index (χ4n) is 3.71. The van der Waals surface area contributed by atoms with E-state index < -0.39 is 0 Å². The number of thiocarbonyl (C=S) groups is 1. The molecule has 5 nitrogen and oxygen atoms in total. The third kappa shape index (κ3) is 3.91. The summed E-state index contributed by atoms with van der Waals surface area (Å²) in [4.78, 5) is 2.19. The smallest absolute Gasteiger partial charge is 0.174 e. The molecule has 0 bridgehead atoms. The van der Waals surface area contributed by atoms with Crippen LogP contribution in [0.25, 0.3) is 0 Å². The van der Waals surface area contributed by atoms with Gasteiger partial charge in [-0.3, -0.25) is 0 Å². The Balaban J connectivity index is 1.73. The number of anilines is 1. The van der Waals surface area contributed by atoms with Crippen molar-refractivity contribution in [3.8, 4) is 11.5 Å². The first-order valence-corrected chi connectivity index (χ1v) is 10.1. The maximum atomic E-state index is 6.01. The Labute approximate surface area is 180 Å². The van der Waals surface area contributed by atoms with Gasteiger partial charge < -0.3 is 24.3 Å². The van der Waals surface area contributed by atoms with Gasteiger partial charge in [0.15, 0.2) is 5.11 Å². The van der Waals surface area contributed by atoms with Crippen molar-refractivity contribution in [2.24, 2.45) is 0 Å². The highest BCUT2D eigenvalue weighted by molar-refractivity contribution is 7.80. The number of methoxy groups -OCH3 is 2. The van der Waals surface area contributed by atoms with Gasteiger partial charge >= 0.3 is 0 Å². The number of halogens is 1. The minimum Gasteiger partial charge on any atom is -0.497 e. The van der Waals surface area contributed by atoms with Crippen LogP contribution in [-0.4, -0.2) is 35.3 Å². The zero-order valence-electron chi connectivity index (χ0n) is 16.3. The van der Waals surface area contributed by atoms with Gasteiger partial charge in [-0.15, -0.1) is 0 Å². The summed E-state index contributed by atoms with van der Waals surface area (Å²) < 4.78 is 13.4. The van der Waals surface area contributed by atoms with Gasteiger partial charge in [0, 0.05) is 41.3 Å². The first kappa shape index (κ1) is 19.6. The first-order valence-electron chi connectivity index (χ1n) is 9.31. The van der Waals surface area contributed by atoms with E-state index in [1.54, 1.807) is 14.2 Å². The van der Waals surface area contributed by atoms with Crippen molar-refractivity contribution in [3.05, 3.63) is 77.1 Å². The minimum atomic E-state index is -0.101. The van der Waals surface area contributed by atoms with Gasteiger partial charge in [0.25, 0.3) is 0 Å². The van der Waals surface area contributed by atoms with Gasteiger partial charge in [0.2, 0.25) is 0 Å². The highest BCUT2D eigenvalue weighted by atomic mass is 35.5. The van der Waals surface area contributed by atoms with Crippen LogP contribution in [0.15, 0.2) is 60.8 Å². The molecule has 1 unspecified atom stereocenters. The summed E-state index contributed by atoms with van der Waals surface area (Å²) in [6.07, 6.45) is 2.10. The Morgan fingerprint density at radius 3 is 2.59 bits per heavy atom. The largest absolute Gasteiger partial charge is 0.497 e. The lowest BCUT2D eigenvalue weighted by Gasteiger charge is -2.39. The summed E-state index contributed by atoms with van der Waals surface area (Å²) in [5, 5.41) is 4.68. The highest BCUT2D eigenvalue weighted by Crippen LogP contribution is 2.39. The molecule has 0 aliphatic carbocycles. The van der Waals surface area contributed by atoms with Crippen molar-refractivity contribution in [1.82, 2.24) is 9.47 Å². The predicted molar refractivity (Wildman–Crippen MR) is 120 cm³/mol. The van der Waals surface area contributed by atoms with Crippen molar-refractivity contribution in [3.63, 3.8) is 0 Å². The predicted octanol–water partition coefficient (Wildman–Crippen LogP) is 4.96. The van der Waals surface area contributed by atoms with E-state index in [1.165, 1.54) is 0 Å². The molecular weight excluding hydrogens is 406 g/mol. The summed E-state index contributed by atoms with van der Waals surface area (Å²) in [5.41, 5.74) is 3.06. The summed E-state index contributed by atoms with van der Waals surface area (Å²) in [6, 6.07) is 17.5. The molecular formula is C22H22ClN3O2S. The standard InChI is InChI=1S/C22H22ClN3O2S/c1-27-17-9-10-20(28-2)18(14-17)21-19-4-3-11-25(19)12-13-26(21)22(29)24-16-7-5-15(23)6-8-16/h3-11,14,21H,12-13H2,1-2H3,(H,24,29). The van der Waals surface area contributed by atoms with Crippen molar-refractivity contribution < 1.29 is 9.47 Å². The van der Waals surface area contributed by atoms with E-state index in [0.29, 0.717) is 10.1 Å². The second-order valence-electron chi connectivity index (χ2n) is 6.77. The zero-order chi connectivity index (χ0) is 20.4. The number of nitrogens with zero attached hydrogens (tertiary/aromatic N) is 2. The average Bonchev–Trinajstić information content (AvgIpc) is 3.23. The molecule has 2 aromatic carbocycles. The number of fused-ring (bicyclic) bond motifs is 1. The third-order valence-corrected chi connectivity index (χ3v) is 5.71. The molecule has 0 saturated carbocycles. The molecule has 0 radical (unpaired) electrons. The number of ether oxygens (including phenoxy) is 2. The Hall–Kier alpha value is -2.70. The maximum Gasteiger partial charge on any atom is 0.174 e. The van der Waals surface area contributed by atoms with Gasteiger partial charge in [-0.1, -0.05) is 11.6 Å². The Morgan fingerprint density at radius 1 is 1.07 bits per heavy atom. The molecule has 4 rings (SSSR count). The molecule has 1 N–H and O–H groups in total. The number of hydrogen-bond donors (Lipinski definition) is 1. The first-order chi connectivity index (χ1) is 14.1. The van der Waals surface area contributed by atoms with Gasteiger partial charge in [0.1, 0.15) is 17.5 Å². The molecule has 1 aliphatic rings. The van der Waals surface area contributed by atoms with Crippen LogP contribution in [0.1, 0.15) is 17.3 Å². The quantitative estimate of drug-likeness (QED) is 0.596. The average molecular weight is 428 g/mol. The zero-order valence-corrected chi connectivity index (χ0v) is 17.8. The number of benzene rings is 2. The highest BCUT2D eigenvalue weighted by Gasteiger charge is 2.33. The fraction of sp³-hybridized carbons (Fsp3) is 0.227. The second kappa shape index (κ2) is 8.35. The number of aromatic nitrogens is 1. The number of hydrogen-bond acceptors (Lipinski definition) is 3. The van der Waals surface area contributed by atoms with Crippen LogP contribution < -0.4 is 14.8 Å². The Morgan fingerprint density at radius 2 is 1.86 bits per heavy atom. The summed E-state index contributed by atoms with van der Waals surface area (Å²) in [6.45, 7) is 1.62. The molecule has 3 aromatic rings. The van der Waals surface area contributed by atoms with Crippen LogP contribution in [0.2, 0.25) is 5.02 Å². The van der Waals surface area contributed by atoms with Gasteiger partial charge in [0.05, 0.1) is 14.2 Å². The molecule has 1 atom stereocenters. The van der Waals surface area contributed by atoms with Gasteiger partial charge in [-0.2, -0.15) is 0 Å². The molecule has 0 saturated heterocycles. The van der Waals surface area contributed by atoms with E-state index in [9.17, 15) is 0 Å². The number of nitrogens with one attached hydrogen (secondary N) is 1. The topological polar surface area (TPSA) is 38.7 Å². The van der Waals surface area contributed by atoms with E-state index >= 15 is 0 Å². The van der Waals surface area contributed by atoms with Crippen molar-refractivity contribution >= 4 is 34.6 Å². The number of rotatable bonds is 4. The summed E-state index contributed by atoms with van der Waals surface area (Å²) in [7, 11) is 3.35. The van der Waals surface area contributed by atoms with Crippen LogP contribution in [0, 0.1) is 0 Å². The van der Waals surface area contributed by atoms with Crippen LogP contribution >= 0.6 is 23.8 Å². The molecule has 150 valence electrons. The second-order valence-corrected chi connectivity index (χ2v) is 7.59.